The van der Waals surface area contributed by atoms with Crippen LogP contribution in [-0.4, -0.2) is 13.1 Å². The first kappa shape index (κ1) is 12.2. The fraction of sp³-hybridized carbons (Fsp3) is 0.538. The topological polar surface area (TPSA) is 12.0 Å². The van der Waals surface area contributed by atoms with Gasteiger partial charge in [0.05, 0.1) is 0 Å². The largest absolute Gasteiger partial charge is 0.316 e. The van der Waals surface area contributed by atoms with E-state index in [0.717, 1.165) is 22.0 Å². The summed E-state index contributed by atoms with van der Waals surface area (Å²) in [6.45, 7) is 2.32. The molecule has 88 valence electrons. The molecule has 0 amide bonds. The van der Waals surface area contributed by atoms with E-state index in [2.05, 4.69) is 12.2 Å². The zero-order valence-electron chi connectivity index (χ0n) is 9.69. The number of halogens is 2. The molecule has 0 spiro atoms. The van der Waals surface area contributed by atoms with Crippen molar-refractivity contribution in [1.29, 1.82) is 0 Å². The Bertz CT molecular complexity index is 365. The summed E-state index contributed by atoms with van der Waals surface area (Å²) < 4.78 is 0. The molecule has 1 aromatic carbocycles. The molecule has 0 saturated heterocycles. The van der Waals surface area contributed by atoms with Gasteiger partial charge in [-0.25, -0.2) is 0 Å². The Morgan fingerprint density at radius 3 is 2.31 bits per heavy atom. The van der Waals surface area contributed by atoms with E-state index in [1.165, 1.54) is 12.8 Å². The van der Waals surface area contributed by atoms with E-state index in [4.69, 9.17) is 23.2 Å². The Kier molecular flexibility index (Phi) is 3.48. The minimum Gasteiger partial charge on any atom is -0.316 e. The maximum atomic E-state index is 6.19. The molecule has 1 saturated carbocycles. The number of likely N-dealkylation sites (N-methyl/N-ethyl adjacent to an activating group) is 1. The smallest absolute Gasteiger partial charge is 0.0453 e. The highest BCUT2D eigenvalue weighted by atomic mass is 35.5. The molecule has 1 unspecified atom stereocenters. The normalized spacial score (nSPS) is 19.5. The van der Waals surface area contributed by atoms with Crippen molar-refractivity contribution < 1.29 is 0 Å². The second-order valence-corrected chi connectivity index (χ2v) is 5.71. The predicted molar refractivity (Wildman–Crippen MR) is 70.4 cm³/mol. The Balaban J connectivity index is 2.19. The highest BCUT2D eigenvalue weighted by Gasteiger charge is 2.44. The Morgan fingerprint density at radius 1 is 1.31 bits per heavy atom. The second-order valence-electron chi connectivity index (χ2n) is 4.90. The van der Waals surface area contributed by atoms with Crippen LogP contribution in [0, 0.1) is 5.41 Å². The van der Waals surface area contributed by atoms with Crippen molar-refractivity contribution in [3.05, 3.63) is 33.8 Å². The lowest BCUT2D eigenvalue weighted by Crippen LogP contribution is -2.35. The molecule has 0 bridgehead atoms. The standard InChI is InChI=1S/C13H17Cl2N/c1-13(6-7-13)12(16-2)8-9-10(14)4-3-5-11(9)15/h3-5,12,16H,6-8H2,1-2H3. The molecule has 1 aromatic rings. The van der Waals surface area contributed by atoms with E-state index < -0.39 is 0 Å². The molecule has 0 aliphatic heterocycles. The lowest BCUT2D eigenvalue weighted by molar-refractivity contribution is 0.376. The molecule has 1 nitrogen and oxygen atoms in total. The van der Waals surface area contributed by atoms with Gasteiger partial charge in [0.2, 0.25) is 0 Å². The van der Waals surface area contributed by atoms with Crippen LogP contribution < -0.4 is 5.32 Å². The second kappa shape index (κ2) is 4.56. The molecule has 16 heavy (non-hydrogen) atoms. The third kappa shape index (κ3) is 2.37. The fourth-order valence-electron chi connectivity index (χ4n) is 2.17. The zero-order valence-corrected chi connectivity index (χ0v) is 11.2. The molecule has 3 heteroatoms. The van der Waals surface area contributed by atoms with Gasteiger partial charge >= 0.3 is 0 Å². The molecule has 1 N–H and O–H groups in total. The van der Waals surface area contributed by atoms with Gasteiger partial charge in [-0.15, -0.1) is 0 Å². The Morgan fingerprint density at radius 2 is 1.88 bits per heavy atom. The number of nitrogens with one attached hydrogen (secondary N) is 1. The van der Waals surface area contributed by atoms with E-state index in [-0.39, 0.29) is 0 Å². The van der Waals surface area contributed by atoms with Crippen LogP contribution in [-0.2, 0) is 6.42 Å². The van der Waals surface area contributed by atoms with Gasteiger partial charge in [-0.1, -0.05) is 36.2 Å². The molecule has 0 aromatic heterocycles. The van der Waals surface area contributed by atoms with E-state index in [9.17, 15) is 0 Å². The van der Waals surface area contributed by atoms with E-state index in [1.807, 2.05) is 25.2 Å². The Hall–Kier alpha value is -0.240. The van der Waals surface area contributed by atoms with Gasteiger partial charge in [0.15, 0.2) is 0 Å². The fourth-order valence-corrected chi connectivity index (χ4v) is 2.73. The summed E-state index contributed by atoms with van der Waals surface area (Å²) in [6, 6.07) is 6.17. The SMILES string of the molecule is CNC(Cc1c(Cl)cccc1Cl)C1(C)CC1. The summed E-state index contributed by atoms with van der Waals surface area (Å²) >= 11 is 12.4. The van der Waals surface area contributed by atoms with E-state index in [1.54, 1.807) is 0 Å². The van der Waals surface area contributed by atoms with Crippen LogP contribution in [0.5, 0.6) is 0 Å². The summed E-state index contributed by atoms with van der Waals surface area (Å²) in [5, 5.41) is 4.94. The van der Waals surface area contributed by atoms with Crippen molar-refractivity contribution in [1.82, 2.24) is 5.32 Å². The third-order valence-electron chi connectivity index (χ3n) is 3.70. The summed E-state index contributed by atoms with van der Waals surface area (Å²) in [5.74, 6) is 0. The molecule has 1 fully saturated rings. The van der Waals surface area contributed by atoms with Crippen LogP contribution >= 0.6 is 23.2 Å². The molecular weight excluding hydrogens is 241 g/mol. The summed E-state index contributed by atoms with van der Waals surface area (Å²) in [5.41, 5.74) is 1.50. The molecule has 1 aliphatic rings. The van der Waals surface area contributed by atoms with Crippen molar-refractivity contribution in [2.75, 3.05) is 7.05 Å². The van der Waals surface area contributed by atoms with Gasteiger partial charge in [-0.2, -0.15) is 0 Å². The molecule has 1 atom stereocenters. The average Bonchev–Trinajstić information content (AvgIpc) is 2.97. The minimum atomic E-state index is 0.428. The van der Waals surface area contributed by atoms with Crippen LogP contribution in [0.25, 0.3) is 0 Å². The van der Waals surface area contributed by atoms with Crippen LogP contribution in [0.4, 0.5) is 0 Å². The maximum absolute atomic E-state index is 6.19. The summed E-state index contributed by atoms with van der Waals surface area (Å²) in [4.78, 5) is 0. The lowest BCUT2D eigenvalue weighted by atomic mass is 9.92. The molecular formula is C13H17Cl2N. The van der Waals surface area contributed by atoms with Crippen molar-refractivity contribution in [3.8, 4) is 0 Å². The predicted octanol–water partition coefficient (Wildman–Crippen LogP) is 3.92. The van der Waals surface area contributed by atoms with Gasteiger partial charge in [-0.3, -0.25) is 0 Å². The van der Waals surface area contributed by atoms with Gasteiger partial charge in [-0.05, 0) is 49.4 Å². The van der Waals surface area contributed by atoms with Crippen molar-refractivity contribution in [2.45, 2.75) is 32.2 Å². The Labute approximate surface area is 107 Å². The minimum absolute atomic E-state index is 0.428. The van der Waals surface area contributed by atoms with Crippen LogP contribution in [0.1, 0.15) is 25.3 Å². The number of rotatable bonds is 4. The summed E-state index contributed by atoms with van der Waals surface area (Å²) in [6.07, 6.45) is 3.49. The lowest BCUT2D eigenvalue weighted by Gasteiger charge is -2.24. The molecule has 1 aliphatic carbocycles. The quantitative estimate of drug-likeness (QED) is 0.863. The van der Waals surface area contributed by atoms with E-state index >= 15 is 0 Å². The summed E-state index contributed by atoms with van der Waals surface area (Å²) in [7, 11) is 2.01. The van der Waals surface area contributed by atoms with Gasteiger partial charge < -0.3 is 5.32 Å². The third-order valence-corrected chi connectivity index (χ3v) is 4.41. The number of benzene rings is 1. The van der Waals surface area contributed by atoms with E-state index in [0.29, 0.717) is 11.5 Å². The number of hydrogen-bond donors (Lipinski definition) is 1. The first-order valence-corrected chi connectivity index (χ1v) is 6.42. The number of hydrogen-bond acceptors (Lipinski definition) is 1. The first-order chi connectivity index (χ1) is 7.57. The van der Waals surface area contributed by atoms with Crippen LogP contribution in [0.3, 0.4) is 0 Å². The van der Waals surface area contributed by atoms with Crippen molar-refractivity contribution in [3.63, 3.8) is 0 Å². The highest BCUT2D eigenvalue weighted by molar-refractivity contribution is 6.36. The van der Waals surface area contributed by atoms with Crippen molar-refractivity contribution >= 4 is 23.2 Å². The maximum Gasteiger partial charge on any atom is 0.0453 e. The first-order valence-electron chi connectivity index (χ1n) is 5.67. The van der Waals surface area contributed by atoms with Gasteiger partial charge in [0, 0.05) is 16.1 Å². The molecule has 0 heterocycles. The van der Waals surface area contributed by atoms with Crippen molar-refractivity contribution in [2.24, 2.45) is 5.41 Å². The zero-order chi connectivity index (χ0) is 11.8. The van der Waals surface area contributed by atoms with Crippen LogP contribution in [0.15, 0.2) is 18.2 Å². The monoisotopic (exact) mass is 257 g/mol. The van der Waals surface area contributed by atoms with Crippen LogP contribution in [0.2, 0.25) is 10.0 Å². The molecule has 0 radical (unpaired) electrons. The molecule has 2 rings (SSSR count). The highest BCUT2D eigenvalue weighted by Crippen LogP contribution is 2.49. The van der Waals surface area contributed by atoms with Gasteiger partial charge in [0.25, 0.3) is 0 Å². The van der Waals surface area contributed by atoms with Gasteiger partial charge in [0.1, 0.15) is 0 Å². The average molecular weight is 258 g/mol.